The van der Waals surface area contributed by atoms with Gasteiger partial charge >= 0.3 is 0 Å². The van der Waals surface area contributed by atoms with E-state index in [-0.39, 0.29) is 17.7 Å². The van der Waals surface area contributed by atoms with E-state index in [2.05, 4.69) is 36.4 Å². The second-order valence-electron chi connectivity index (χ2n) is 6.58. The molecule has 0 aliphatic carbocycles. The van der Waals surface area contributed by atoms with Crippen molar-refractivity contribution in [2.24, 2.45) is 0 Å². The number of rotatable bonds is 6. The molecule has 0 amide bonds. The molecule has 2 unspecified atom stereocenters. The van der Waals surface area contributed by atoms with Crippen molar-refractivity contribution in [2.75, 3.05) is 27.3 Å². The number of nitrogens with one attached hydrogen (secondary N) is 1. The Morgan fingerprint density at radius 1 is 1.29 bits per heavy atom. The van der Waals surface area contributed by atoms with Crippen molar-refractivity contribution in [2.45, 2.75) is 51.6 Å². The fourth-order valence-corrected chi connectivity index (χ4v) is 3.20. The molecule has 0 spiro atoms. The first-order valence-electron chi connectivity index (χ1n) is 7.37. The first-order chi connectivity index (χ1) is 9.91. The van der Waals surface area contributed by atoms with Gasteiger partial charge in [0.25, 0.3) is 0 Å². The maximum atomic E-state index is 5.47. The number of nitrogens with zero attached hydrogens (tertiary/aromatic N) is 2. The van der Waals surface area contributed by atoms with E-state index < -0.39 is 0 Å². The zero-order chi connectivity index (χ0) is 15.5. The highest BCUT2D eigenvalue weighted by atomic mass is 32.1. The standard InChI is InChI=1S/C15H27N3O2S/c1-15(2,3)16-6-14-17-11(10-21-14)7-18-8-12(19-4)13(9-18)20-5/h10,12-13,16H,6-9H2,1-5H3. The summed E-state index contributed by atoms with van der Waals surface area (Å²) in [6.45, 7) is 10.0. The molecule has 1 N–H and O–H groups in total. The van der Waals surface area contributed by atoms with E-state index in [1.807, 2.05) is 0 Å². The Balaban J connectivity index is 1.85. The van der Waals surface area contributed by atoms with E-state index in [0.29, 0.717) is 0 Å². The summed E-state index contributed by atoms with van der Waals surface area (Å²) in [5, 5.41) is 6.77. The molecule has 0 radical (unpaired) electrons. The number of thiazole rings is 1. The minimum absolute atomic E-state index is 0.123. The Kier molecular flexibility index (Phi) is 5.73. The summed E-state index contributed by atoms with van der Waals surface area (Å²) < 4.78 is 10.9. The van der Waals surface area contributed by atoms with Gasteiger partial charge in [0.2, 0.25) is 0 Å². The molecule has 1 aliphatic rings. The average Bonchev–Trinajstić information content (AvgIpc) is 3.02. The van der Waals surface area contributed by atoms with Crippen molar-refractivity contribution in [3.8, 4) is 0 Å². The quantitative estimate of drug-likeness (QED) is 0.869. The molecule has 21 heavy (non-hydrogen) atoms. The van der Waals surface area contributed by atoms with Gasteiger partial charge in [-0.25, -0.2) is 4.98 Å². The second kappa shape index (κ2) is 7.15. The van der Waals surface area contributed by atoms with Crippen LogP contribution in [0.4, 0.5) is 0 Å². The van der Waals surface area contributed by atoms with Gasteiger partial charge < -0.3 is 14.8 Å². The Morgan fingerprint density at radius 3 is 2.43 bits per heavy atom. The van der Waals surface area contributed by atoms with Crippen LogP contribution in [-0.4, -0.2) is 54.9 Å². The molecular weight excluding hydrogens is 286 g/mol. The molecule has 1 saturated heterocycles. The van der Waals surface area contributed by atoms with E-state index in [4.69, 9.17) is 14.5 Å². The van der Waals surface area contributed by atoms with Crippen LogP contribution in [0.2, 0.25) is 0 Å². The molecule has 0 aromatic carbocycles. The minimum atomic E-state index is 0.123. The number of likely N-dealkylation sites (tertiary alicyclic amines) is 1. The van der Waals surface area contributed by atoms with Gasteiger partial charge in [-0.2, -0.15) is 0 Å². The predicted molar refractivity (Wildman–Crippen MR) is 85.6 cm³/mol. The van der Waals surface area contributed by atoms with Crippen LogP contribution in [0.3, 0.4) is 0 Å². The maximum Gasteiger partial charge on any atom is 0.107 e. The van der Waals surface area contributed by atoms with E-state index in [0.717, 1.165) is 36.9 Å². The Hall–Kier alpha value is -0.530. The van der Waals surface area contributed by atoms with Gasteiger partial charge in [-0.3, -0.25) is 4.90 Å². The van der Waals surface area contributed by atoms with Gasteiger partial charge in [-0.1, -0.05) is 0 Å². The SMILES string of the molecule is COC1CN(Cc2csc(CNC(C)(C)C)n2)CC1OC. The summed E-state index contributed by atoms with van der Waals surface area (Å²) in [6.07, 6.45) is 0.325. The fraction of sp³-hybridized carbons (Fsp3) is 0.800. The monoisotopic (exact) mass is 313 g/mol. The number of ether oxygens (including phenoxy) is 2. The second-order valence-corrected chi connectivity index (χ2v) is 7.52. The topological polar surface area (TPSA) is 46.6 Å². The summed E-state index contributed by atoms with van der Waals surface area (Å²) in [6, 6.07) is 0. The van der Waals surface area contributed by atoms with Crippen LogP contribution in [0, 0.1) is 0 Å². The van der Waals surface area contributed by atoms with Gasteiger partial charge in [0.1, 0.15) is 5.01 Å². The summed E-state index contributed by atoms with van der Waals surface area (Å²) in [7, 11) is 3.50. The van der Waals surface area contributed by atoms with Gasteiger partial charge in [-0.15, -0.1) is 11.3 Å². The van der Waals surface area contributed by atoms with E-state index >= 15 is 0 Å². The van der Waals surface area contributed by atoms with Crippen LogP contribution in [-0.2, 0) is 22.6 Å². The lowest BCUT2D eigenvalue weighted by molar-refractivity contribution is -0.00461. The number of hydrogen-bond donors (Lipinski definition) is 1. The van der Waals surface area contributed by atoms with Gasteiger partial charge in [0.05, 0.1) is 17.9 Å². The molecular formula is C15H27N3O2S. The van der Waals surface area contributed by atoms with Crippen molar-refractivity contribution in [3.63, 3.8) is 0 Å². The Morgan fingerprint density at radius 2 is 1.90 bits per heavy atom. The Bertz CT molecular complexity index is 432. The number of aromatic nitrogens is 1. The molecule has 1 aromatic rings. The summed E-state index contributed by atoms with van der Waals surface area (Å²) in [5.41, 5.74) is 1.26. The molecule has 1 aliphatic heterocycles. The predicted octanol–water partition coefficient (Wildman–Crippen LogP) is 1.88. The lowest BCUT2D eigenvalue weighted by Crippen LogP contribution is -2.35. The third-order valence-corrected chi connectivity index (χ3v) is 4.55. The normalized spacial score (nSPS) is 23.9. The number of methoxy groups -OCH3 is 2. The molecule has 0 bridgehead atoms. The minimum Gasteiger partial charge on any atom is -0.377 e. The van der Waals surface area contributed by atoms with E-state index in [1.54, 1.807) is 25.6 Å². The molecule has 6 heteroatoms. The first kappa shape index (κ1) is 16.8. The van der Waals surface area contributed by atoms with Crippen LogP contribution in [0.1, 0.15) is 31.5 Å². The lowest BCUT2D eigenvalue weighted by Gasteiger charge is -2.19. The highest BCUT2D eigenvalue weighted by Gasteiger charge is 2.33. The lowest BCUT2D eigenvalue weighted by atomic mass is 10.1. The molecule has 5 nitrogen and oxygen atoms in total. The third kappa shape index (κ3) is 5.00. The average molecular weight is 313 g/mol. The van der Waals surface area contributed by atoms with Crippen LogP contribution in [0.5, 0.6) is 0 Å². The van der Waals surface area contributed by atoms with Gasteiger partial charge in [-0.05, 0) is 20.8 Å². The molecule has 2 atom stereocenters. The smallest absolute Gasteiger partial charge is 0.107 e. The van der Waals surface area contributed by atoms with Gasteiger partial charge in [0, 0.05) is 51.3 Å². The van der Waals surface area contributed by atoms with Gasteiger partial charge in [0.15, 0.2) is 0 Å². The molecule has 2 heterocycles. The van der Waals surface area contributed by atoms with E-state index in [9.17, 15) is 0 Å². The van der Waals surface area contributed by atoms with Crippen molar-refractivity contribution < 1.29 is 9.47 Å². The van der Waals surface area contributed by atoms with Crippen molar-refractivity contribution in [1.29, 1.82) is 0 Å². The highest BCUT2D eigenvalue weighted by molar-refractivity contribution is 7.09. The number of hydrogen-bond acceptors (Lipinski definition) is 6. The van der Waals surface area contributed by atoms with E-state index in [1.165, 1.54) is 0 Å². The van der Waals surface area contributed by atoms with Crippen LogP contribution in [0.15, 0.2) is 5.38 Å². The first-order valence-corrected chi connectivity index (χ1v) is 8.25. The summed E-state index contributed by atoms with van der Waals surface area (Å²) in [4.78, 5) is 7.06. The third-order valence-electron chi connectivity index (χ3n) is 3.65. The van der Waals surface area contributed by atoms with Crippen molar-refractivity contribution in [1.82, 2.24) is 15.2 Å². The Labute approximate surface area is 131 Å². The summed E-state index contributed by atoms with van der Waals surface area (Å²) in [5.74, 6) is 0. The van der Waals surface area contributed by atoms with Crippen molar-refractivity contribution in [3.05, 3.63) is 16.1 Å². The van der Waals surface area contributed by atoms with Crippen LogP contribution >= 0.6 is 11.3 Å². The zero-order valence-corrected chi connectivity index (χ0v) is 14.5. The fourth-order valence-electron chi connectivity index (χ4n) is 2.47. The maximum absolute atomic E-state index is 5.47. The zero-order valence-electron chi connectivity index (χ0n) is 13.7. The molecule has 0 saturated carbocycles. The molecule has 1 fully saturated rings. The largest absolute Gasteiger partial charge is 0.377 e. The van der Waals surface area contributed by atoms with Crippen LogP contribution < -0.4 is 5.32 Å². The molecule has 120 valence electrons. The van der Waals surface area contributed by atoms with Crippen LogP contribution in [0.25, 0.3) is 0 Å². The highest BCUT2D eigenvalue weighted by Crippen LogP contribution is 2.19. The molecule has 1 aromatic heterocycles. The molecule has 2 rings (SSSR count). The van der Waals surface area contributed by atoms with Crippen molar-refractivity contribution >= 4 is 11.3 Å². The summed E-state index contributed by atoms with van der Waals surface area (Å²) >= 11 is 1.72.